The lowest BCUT2D eigenvalue weighted by Crippen LogP contribution is -2.42. The molecular formula is C28H24F3N7O6. The zero-order valence-corrected chi connectivity index (χ0v) is 23.7. The summed E-state index contributed by atoms with van der Waals surface area (Å²) in [6.45, 7) is 2.86. The van der Waals surface area contributed by atoms with Gasteiger partial charge in [-0.1, -0.05) is 12.1 Å². The molecule has 228 valence electrons. The molecule has 4 heterocycles. The standard InChI is InChI=1S/C28H24F3N7O6/c1-27(2,3)44-26(42)37(14-28(29,30)31)20-11-15(9-10-32-20)23-34-19(13-43-23)22(39)33-18-12-36(4)35-21(18)38-24(40)16-7-5-6-8-17(16)25(38)41/h5-13H,14H2,1-4H3,(H,33,39). The largest absolute Gasteiger partial charge is 0.444 e. The Balaban J connectivity index is 1.38. The van der Waals surface area contributed by atoms with E-state index in [1.165, 1.54) is 56.9 Å². The van der Waals surface area contributed by atoms with E-state index in [0.717, 1.165) is 23.4 Å². The minimum atomic E-state index is -4.76. The van der Waals surface area contributed by atoms with Gasteiger partial charge in [0, 0.05) is 18.8 Å². The Morgan fingerprint density at radius 3 is 2.34 bits per heavy atom. The number of rotatable bonds is 6. The summed E-state index contributed by atoms with van der Waals surface area (Å²) in [4.78, 5) is 60.8. The van der Waals surface area contributed by atoms with E-state index < -0.39 is 42.1 Å². The van der Waals surface area contributed by atoms with E-state index in [1.807, 2.05) is 0 Å². The van der Waals surface area contributed by atoms with Crippen molar-refractivity contribution in [3.63, 3.8) is 0 Å². The van der Waals surface area contributed by atoms with Gasteiger partial charge in [-0.15, -0.1) is 0 Å². The predicted octanol–water partition coefficient (Wildman–Crippen LogP) is 4.83. The number of carbonyl (C=O) groups is 4. The number of halogens is 3. The molecule has 1 aliphatic heterocycles. The van der Waals surface area contributed by atoms with Crippen LogP contribution >= 0.6 is 0 Å². The molecule has 0 unspecified atom stereocenters. The lowest BCUT2D eigenvalue weighted by atomic mass is 10.1. The van der Waals surface area contributed by atoms with Crippen LogP contribution in [0.5, 0.6) is 0 Å². The Morgan fingerprint density at radius 1 is 1.07 bits per heavy atom. The molecule has 44 heavy (non-hydrogen) atoms. The normalized spacial score (nSPS) is 13.2. The van der Waals surface area contributed by atoms with E-state index in [-0.39, 0.29) is 45.6 Å². The van der Waals surface area contributed by atoms with Gasteiger partial charge in [-0.25, -0.2) is 19.7 Å². The number of hydrogen-bond acceptors (Lipinski definition) is 9. The molecular weight excluding hydrogens is 587 g/mol. The van der Waals surface area contributed by atoms with Gasteiger partial charge in [-0.05, 0) is 45.0 Å². The van der Waals surface area contributed by atoms with Crippen LogP contribution < -0.4 is 15.1 Å². The van der Waals surface area contributed by atoms with E-state index in [2.05, 4.69) is 20.4 Å². The second-order valence-corrected chi connectivity index (χ2v) is 10.6. The Morgan fingerprint density at radius 2 is 1.73 bits per heavy atom. The van der Waals surface area contributed by atoms with Crippen LogP contribution in [0, 0.1) is 0 Å². The summed E-state index contributed by atoms with van der Waals surface area (Å²) >= 11 is 0. The molecule has 5 rings (SSSR count). The Bertz CT molecular complexity index is 1760. The molecule has 1 aromatic carbocycles. The molecule has 1 aliphatic rings. The quantitative estimate of drug-likeness (QED) is 0.302. The minimum absolute atomic E-state index is 0.0305. The van der Waals surface area contributed by atoms with E-state index in [9.17, 15) is 32.3 Å². The average Bonchev–Trinajstić information content (AvgIpc) is 3.63. The van der Waals surface area contributed by atoms with Crippen LogP contribution in [0.1, 0.15) is 52.0 Å². The highest BCUT2D eigenvalue weighted by Crippen LogP contribution is 2.33. The number of carbonyl (C=O) groups excluding carboxylic acids is 4. The van der Waals surface area contributed by atoms with E-state index in [1.54, 1.807) is 12.1 Å². The number of aromatic nitrogens is 4. The maximum atomic E-state index is 13.3. The molecule has 0 fully saturated rings. The molecule has 0 bridgehead atoms. The maximum Gasteiger partial charge on any atom is 0.416 e. The number of fused-ring (bicyclic) bond motifs is 1. The van der Waals surface area contributed by atoms with Crippen LogP contribution in [-0.2, 0) is 11.8 Å². The first-order chi connectivity index (χ1) is 20.6. The number of aryl methyl sites for hydroxylation is 1. The summed E-state index contributed by atoms with van der Waals surface area (Å²) in [6, 6.07) is 8.74. The highest BCUT2D eigenvalue weighted by Gasteiger charge is 2.40. The number of ether oxygens (including phenoxy) is 1. The van der Waals surface area contributed by atoms with E-state index in [0.29, 0.717) is 4.90 Å². The number of benzene rings is 1. The van der Waals surface area contributed by atoms with Gasteiger partial charge in [0.2, 0.25) is 5.89 Å². The summed E-state index contributed by atoms with van der Waals surface area (Å²) in [7, 11) is 1.53. The number of nitrogens with one attached hydrogen (secondary N) is 1. The summed E-state index contributed by atoms with van der Waals surface area (Å²) in [5.74, 6) is -2.68. The lowest BCUT2D eigenvalue weighted by molar-refractivity contribution is -0.119. The summed E-state index contributed by atoms with van der Waals surface area (Å²) in [6.07, 6.45) is -2.49. The number of pyridine rings is 1. The molecule has 4 amide bonds. The number of hydrogen-bond donors (Lipinski definition) is 1. The fraction of sp³-hybridized carbons (Fsp3) is 0.250. The monoisotopic (exact) mass is 611 g/mol. The molecule has 0 aliphatic carbocycles. The molecule has 3 aromatic heterocycles. The predicted molar refractivity (Wildman–Crippen MR) is 148 cm³/mol. The Kier molecular flexibility index (Phi) is 7.44. The first-order valence-electron chi connectivity index (χ1n) is 12.9. The van der Waals surface area contributed by atoms with Crippen molar-refractivity contribution < 1.29 is 41.5 Å². The van der Waals surface area contributed by atoms with Crippen LogP contribution in [0.3, 0.4) is 0 Å². The number of anilines is 3. The molecule has 1 N–H and O–H groups in total. The maximum absolute atomic E-state index is 13.3. The SMILES string of the molecule is Cn1cc(NC(=O)c2coc(-c3ccnc(N(CC(F)(F)F)C(=O)OC(C)(C)C)c3)n2)c(N2C(=O)c3ccccc3C2=O)n1. The van der Waals surface area contributed by atoms with Gasteiger partial charge in [0.15, 0.2) is 11.5 Å². The fourth-order valence-corrected chi connectivity index (χ4v) is 4.24. The van der Waals surface area contributed by atoms with Crippen molar-refractivity contribution in [2.75, 3.05) is 21.7 Å². The van der Waals surface area contributed by atoms with Gasteiger partial charge < -0.3 is 14.5 Å². The zero-order valence-electron chi connectivity index (χ0n) is 23.7. The topological polar surface area (TPSA) is 153 Å². The summed E-state index contributed by atoms with van der Waals surface area (Å²) in [5.41, 5.74) is -0.787. The van der Waals surface area contributed by atoms with Gasteiger partial charge in [0.25, 0.3) is 17.7 Å². The lowest BCUT2D eigenvalue weighted by Gasteiger charge is -2.27. The third kappa shape index (κ3) is 6.13. The smallest absolute Gasteiger partial charge is 0.416 e. The van der Waals surface area contributed by atoms with Crippen molar-refractivity contribution in [2.24, 2.45) is 7.05 Å². The van der Waals surface area contributed by atoms with Crippen molar-refractivity contribution in [1.82, 2.24) is 19.7 Å². The molecule has 0 radical (unpaired) electrons. The third-order valence-corrected chi connectivity index (χ3v) is 6.02. The Hall–Kier alpha value is -5.54. The number of alkyl halides is 3. The van der Waals surface area contributed by atoms with Gasteiger partial charge >= 0.3 is 12.3 Å². The molecule has 0 saturated carbocycles. The van der Waals surface area contributed by atoms with E-state index >= 15 is 0 Å². The van der Waals surface area contributed by atoms with Crippen LogP contribution in [0.2, 0.25) is 0 Å². The average molecular weight is 612 g/mol. The summed E-state index contributed by atoms with van der Waals surface area (Å²) in [5, 5.41) is 6.73. The highest BCUT2D eigenvalue weighted by atomic mass is 19.4. The highest BCUT2D eigenvalue weighted by molar-refractivity contribution is 6.35. The van der Waals surface area contributed by atoms with Crippen molar-refractivity contribution in [3.05, 3.63) is 71.9 Å². The number of nitrogens with zero attached hydrogens (tertiary/aromatic N) is 6. The van der Waals surface area contributed by atoms with Crippen LogP contribution in [0.4, 0.5) is 35.3 Å². The number of oxazole rings is 1. The van der Waals surface area contributed by atoms with Crippen LogP contribution in [-0.4, -0.2) is 61.9 Å². The Labute approximate surface area is 247 Å². The van der Waals surface area contributed by atoms with Gasteiger partial charge in [0.1, 0.15) is 29.9 Å². The molecule has 16 heteroatoms. The molecule has 13 nitrogen and oxygen atoms in total. The van der Waals surface area contributed by atoms with Gasteiger partial charge in [0.05, 0.1) is 17.3 Å². The van der Waals surface area contributed by atoms with Crippen LogP contribution in [0.25, 0.3) is 11.5 Å². The fourth-order valence-electron chi connectivity index (χ4n) is 4.24. The molecule has 0 saturated heterocycles. The molecule has 0 spiro atoms. The zero-order chi connectivity index (χ0) is 32.0. The molecule has 4 aromatic rings. The number of imide groups is 1. The second kappa shape index (κ2) is 10.9. The van der Waals surface area contributed by atoms with Crippen molar-refractivity contribution in [3.8, 4) is 11.5 Å². The van der Waals surface area contributed by atoms with Gasteiger partial charge in [-0.3, -0.25) is 24.0 Å². The summed E-state index contributed by atoms with van der Waals surface area (Å²) < 4.78 is 51.8. The first kappa shape index (κ1) is 29.9. The van der Waals surface area contributed by atoms with Crippen molar-refractivity contribution >= 4 is 41.1 Å². The first-order valence-corrected chi connectivity index (χ1v) is 12.9. The van der Waals surface area contributed by atoms with Crippen molar-refractivity contribution in [2.45, 2.75) is 32.5 Å². The second-order valence-electron chi connectivity index (χ2n) is 10.6. The van der Waals surface area contributed by atoms with Crippen molar-refractivity contribution in [1.29, 1.82) is 0 Å². The van der Waals surface area contributed by atoms with E-state index in [4.69, 9.17) is 9.15 Å². The third-order valence-electron chi connectivity index (χ3n) is 6.02. The minimum Gasteiger partial charge on any atom is -0.444 e. The van der Waals surface area contributed by atoms with Crippen LogP contribution in [0.15, 0.2) is 59.5 Å². The number of amides is 4. The van der Waals surface area contributed by atoms with Gasteiger partial charge in [-0.2, -0.15) is 18.3 Å². The molecule has 0 atom stereocenters.